The molecule has 5 rings (SSSR count). The van der Waals surface area contributed by atoms with Crippen LogP contribution in [0.25, 0.3) is 0 Å². The fourth-order valence-corrected chi connectivity index (χ4v) is 8.74. The first-order valence-electron chi connectivity index (χ1n) is 20.8. The number of aliphatic hydroxyl groups is 1. The van der Waals surface area contributed by atoms with Gasteiger partial charge in [-0.2, -0.15) is 0 Å². The molecule has 2 aliphatic heterocycles. The molecule has 340 valence electrons. The number of esters is 2. The summed E-state index contributed by atoms with van der Waals surface area (Å²) >= 11 is 0. The number of fused-ring (bicyclic) bond motifs is 2. The Labute approximate surface area is 396 Å². The van der Waals surface area contributed by atoms with Crippen LogP contribution >= 0.6 is 0 Å². The van der Waals surface area contributed by atoms with Crippen LogP contribution in [0.15, 0.2) is 36.4 Å². The number of aliphatic hydroxyl groups excluding tert-OH is 1. The summed E-state index contributed by atoms with van der Waals surface area (Å²) in [5.74, 6) is 3.57. The third kappa shape index (κ3) is 13.1. The molecule has 61 heavy (non-hydrogen) atoms. The standard InChI is InChI=1S/C46H66N2O11.2HI/c1-47(19-15-34-28-43(56-7)46(57-8)37(31-49)36(34)30-47)20-17-44(50)58-23-11-9-10-12-24-59-45(51)18-22-48(2)21-16-33-27-41(54-5)42(55-6)29-35(33)38(48)25-32-13-14-39(52-3)40(26-32)53-4;;/h13-14,26-29,38,49H,9-12,15-25,30-31H2,1-8H3;2*1H/q+2;;/p-2/t38-,47?,48?;;/m1../s1. The Kier molecular flexibility index (Phi) is 21.0. The molecule has 0 saturated carbocycles. The van der Waals surface area contributed by atoms with Crippen molar-refractivity contribution in [1.82, 2.24) is 0 Å². The molecule has 0 aliphatic carbocycles. The van der Waals surface area contributed by atoms with Crippen LogP contribution in [-0.2, 0) is 51.5 Å². The number of carbonyl (C=O) groups excluding carboxylic acids is 2. The third-order valence-electron chi connectivity index (χ3n) is 12.4. The van der Waals surface area contributed by atoms with Gasteiger partial charge in [0.25, 0.3) is 0 Å². The second kappa shape index (κ2) is 24.5. The fourth-order valence-electron chi connectivity index (χ4n) is 8.74. The third-order valence-corrected chi connectivity index (χ3v) is 12.4. The average Bonchev–Trinajstić information content (AvgIpc) is 3.25. The van der Waals surface area contributed by atoms with E-state index in [4.69, 9.17) is 37.9 Å². The lowest BCUT2D eigenvalue weighted by atomic mass is 9.86. The predicted octanol–water partition coefficient (Wildman–Crippen LogP) is 0.155. The summed E-state index contributed by atoms with van der Waals surface area (Å²) in [6.07, 6.45) is 6.32. The lowest BCUT2D eigenvalue weighted by Gasteiger charge is -2.46. The molecule has 3 aromatic carbocycles. The zero-order chi connectivity index (χ0) is 42.6. The van der Waals surface area contributed by atoms with Crippen LogP contribution in [0, 0.1) is 0 Å². The van der Waals surface area contributed by atoms with Gasteiger partial charge in [0, 0.05) is 36.0 Å². The van der Waals surface area contributed by atoms with Gasteiger partial charge in [0.1, 0.15) is 12.6 Å². The number of ether oxygens (including phenoxy) is 8. The second-order valence-corrected chi connectivity index (χ2v) is 16.2. The fraction of sp³-hybridized carbons (Fsp3) is 0.565. The molecular weight excluding hydrogens is 1010 g/mol. The van der Waals surface area contributed by atoms with Crippen LogP contribution in [0.1, 0.15) is 77.9 Å². The highest BCUT2D eigenvalue weighted by Gasteiger charge is 2.40. The first-order valence-corrected chi connectivity index (χ1v) is 20.8. The molecule has 3 atom stereocenters. The maximum atomic E-state index is 13.1. The predicted molar refractivity (Wildman–Crippen MR) is 224 cm³/mol. The Morgan fingerprint density at radius 2 is 1.21 bits per heavy atom. The van der Waals surface area contributed by atoms with Crippen LogP contribution in [0.2, 0.25) is 0 Å². The van der Waals surface area contributed by atoms with Crippen molar-refractivity contribution in [2.24, 2.45) is 0 Å². The number of hydrogen-bond acceptors (Lipinski definition) is 11. The molecule has 2 unspecified atom stereocenters. The summed E-state index contributed by atoms with van der Waals surface area (Å²) in [5.41, 5.74) is 6.50. The summed E-state index contributed by atoms with van der Waals surface area (Å²) in [5, 5.41) is 10.2. The second-order valence-electron chi connectivity index (χ2n) is 16.2. The number of carbonyl (C=O) groups is 2. The first-order chi connectivity index (χ1) is 28.4. The Morgan fingerprint density at radius 3 is 1.80 bits per heavy atom. The number of likely N-dealkylation sites (N-methyl/N-ethyl adjacent to an activating group) is 2. The van der Waals surface area contributed by atoms with Gasteiger partial charge in [0.15, 0.2) is 34.5 Å². The van der Waals surface area contributed by atoms with Gasteiger partial charge in [0.05, 0.1) is 116 Å². The molecule has 0 amide bonds. The molecule has 0 bridgehead atoms. The zero-order valence-corrected chi connectivity index (χ0v) is 41.6. The monoisotopic (exact) mass is 1080 g/mol. The summed E-state index contributed by atoms with van der Waals surface area (Å²) < 4.78 is 46.1. The van der Waals surface area contributed by atoms with E-state index in [1.807, 2.05) is 18.2 Å². The van der Waals surface area contributed by atoms with E-state index >= 15 is 0 Å². The minimum atomic E-state index is -0.197. The largest absolute Gasteiger partial charge is 1.00 e. The normalized spacial score (nSPS) is 18.9. The maximum absolute atomic E-state index is 13.1. The van der Waals surface area contributed by atoms with E-state index in [2.05, 4.69) is 32.3 Å². The van der Waals surface area contributed by atoms with E-state index in [1.54, 1.807) is 42.7 Å². The van der Waals surface area contributed by atoms with Crippen LogP contribution in [0.5, 0.6) is 34.5 Å². The van der Waals surface area contributed by atoms with Gasteiger partial charge < -0.3 is 99.9 Å². The molecule has 13 nitrogen and oxygen atoms in total. The molecule has 0 radical (unpaired) electrons. The highest BCUT2D eigenvalue weighted by atomic mass is 127. The van der Waals surface area contributed by atoms with Crippen LogP contribution in [0.3, 0.4) is 0 Å². The van der Waals surface area contributed by atoms with Crippen molar-refractivity contribution in [2.45, 2.75) is 77.0 Å². The van der Waals surface area contributed by atoms with Gasteiger partial charge in [0.2, 0.25) is 0 Å². The van der Waals surface area contributed by atoms with E-state index in [9.17, 15) is 14.7 Å². The number of rotatable bonds is 22. The Bertz CT molecular complexity index is 1910. The van der Waals surface area contributed by atoms with Gasteiger partial charge >= 0.3 is 11.9 Å². The Balaban J connectivity index is 0.00000496. The number of nitrogens with zero attached hydrogens (tertiary/aromatic N) is 2. The molecule has 0 saturated heterocycles. The van der Waals surface area contributed by atoms with E-state index in [0.29, 0.717) is 89.2 Å². The zero-order valence-electron chi connectivity index (χ0n) is 37.2. The van der Waals surface area contributed by atoms with Gasteiger partial charge in [-0.15, -0.1) is 0 Å². The lowest BCUT2D eigenvalue weighted by Crippen LogP contribution is -3.00. The molecule has 15 heteroatoms. The number of quaternary nitrogens is 2. The Hall–Kier alpha value is -3.26. The number of hydrogen-bond donors (Lipinski definition) is 1. The van der Waals surface area contributed by atoms with E-state index in [1.165, 1.54) is 11.1 Å². The van der Waals surface area contributed by atoms with Crippen molar-refractivity contribution in [1.29, 1.82) is 0 Å². The van der Waals surface area contributed by atoms with Crippen LogP contribution in [0.4, 0.5) is 0 Å². The molecule has 0 spiro atoms. The minimum Gasteiger partial charge on any atom is -1.00 e. The average molecular weight is 1080 g/mol. The molecule has 2 heterocycles. The molecule has 0 aromatic heterocycles. The Morgan fingerprint density at radius 1 is 0.656 bits per heavy atom. The number of unbranched alkanes of at least 4 members (excludes halogenated alkanes) is 3. The van der Waals surface area contributed by atoms with Crippen molar-refractivity contribution < 1.29 is 110 Å². The molecule has 3 aromatic rings. The van der Waals surface area contributed by atoms with E-state index < -0.39 is 0 Å². The molecule has 0 fully saturated rings. The van der Waals surface area contributed by atoms with Crippen LogP contribution < -0.4 is 76.4 Å². The topological polar surface area (TPSA) is 128 Å². The highest BCUT2D eigenvalue weighted by Crippen LogP contribution is 2.44. The van der Waals surface area contributed by atoms with Crippen LogP contribution in [-0.4, -0.2) is 122 Å². The van der Waals surface area contributed by atoms with Crippen molar-refractivity contribution in [3.8, 4) is 34.5 Å². The van der Waals surface area contributed by atoms with Gasteiger partial charge in [-0.1, -0.05) is 6.07 Å². The number of benzene rings is 3. The molecule has 1 N–H and O–H groups in total. The first kappa shape index (κ1) is 52.1. The molecule has 2 aliphatic rings. The number of methoxy groups -OCH3 is 6. The van der Waals surface area contributed by atoms with Gasteiger partial charge in [-0.25, -0.2) is 0 Å². The number of halogens is 2. The quantitative estimate of drug-likeness (QED) is 0.0641. The highest BCUT2D eigenvalue weighted by molar-refractivity contribution is 5.69. The minimum absolute atomic E-state index is 0. The van der Waals surface area contributed by atoms with E-state index in [0.717, 1.165) is 80.3 Å². The van der Waals surface area contributed by atoms with Crippen molar-refractivity contribution >= 4 is 11.9 Å². The van der Waals surface area contributed by atoms with Gasteiger partial charge in [-0.3, -0.25) is 9.59 Å². The van der Waals surface area contributed by atoms with E-state index in [-0.39, 0.29) is 72.5 Å². The maximum Gasteiger partial charge on any atom is 0.311 e. The molecular formula is C46H66I2N2O11. The van der Waals surface area contributed by atoms with Gasteiger partial charge in [-0.05, 0) is 72.7 Å². The summed E-state index contributed by atoms with van der Waals surface area (Å²) in [4.78, 5) is 25.7. The van der Waals surface area contributed by atoms with Crippen molar-refractivity contribution in [2.75, 3.05) is 96.1 Å². The smallest absolute Gasteiger partial charge is 0.311 e. The van der Waals surface area contributed by atoms with Crippen molar-refractivity contribution in [3.05, 3.63) is 69.8 Å². The summed E-state index contributed by atoms with van der Waals surface area (Å²) in [6.45, 7) is 4.33. The lowest BCUT2D eigenvalue weighted by molar-refractivity contribution is -0.940. The summed E-state index contributed by atoms with van der Waals surface area (Å²) in [6, 6.07) is 12.3. The SMILES string of the molecule is COc1ccc(C[C@@H]2c3cc(OC)c(OC)cc3CC[N+]2(C)CCC(=O)OCCCCCCOC(=O)CC[N+]2(C)CCc3cc(OC)c(OC)c(CO)c3C2)cc1OC.[I-].[I-]. The van der Waals surface area contributed by atoms with Crippen molar-refractivity contribution in [3.63, 3.8) is 0 Å². The summed E-state index contributed by atoms with van der Waals surface area (Å²) in [7, 11) is 14.1.